The van der Waals surface area contributed by atoms with Crippen LogP contribution < -0.4 is 24.7 Å². The molecule has 1 aliphatic heterocycles. The van der Waals surface area contributed by atoms with E-state index in [1.165, 1.54) is 15.9 Å². The van der Waals surface area contributed by atoms with Gasteiger partial charge >= 0.3 is 5.97 Å². The van der Waals surface area contributed by atoms with Crippen molar-refractivity contribution in [2.75, 3.05) is 13.2 Å². The molecule has 1 aliphatic rings. The van der Waals surface area contributed by atoms with Crippen molar-refractivity contribution in [3.63, 3.8) is 0 Å². The number of benzene rings is 3. The summed E-state index contributed by atoms with van der Waals surface area (Å²) in [5, 5.41) is 11.2. The lowest BCUT2D eigenvalue weighted by Gasteiger charge is -2.25. The van der Waals surface area contributed by atoms with Gasteiger partial charge < -0.3 is 19.4 Å². The lowest BCUT2D eigenvalue weighted by atomic mass is 9.93. The second-order valence-electron chi connectivity index (χ2n) is 8.71. The minimum Gasteiger partial charge on any atom is -0.546 e. The van der Waals surface area contributed by atoms with E-state index in [0.29, 0.717) is 42.5 Å². The number of nitrogens with zero attached hydrogens (tertiary/aromatic N) is 2. The van der Waals surface area contributed by atoms with E-state index in [9.17, 15) is 19.5 Å². The fourth-order valence-electron chi connectivity index (χ4n) is 4.35. The molecule has 8 nitrogen and oxygen atoms in total. The Hall–Kier alpha value is -4.47. The molecular formula is C30H22ClN2O6S-. The number of thiazole rings is 1. The number of carboxylic acid groups (broad SMARTS) is 1. The quantitative estimate of drug-likeness (QED) is 0.300. The zero-order valence-corrected chi connectivity index (χ0v) is 22.8. The molecule has 5 rings (SSSR count). The van der Waals surface area contributed by atoms with Crippen LogP contribution in [0.5, 0.6) is 5.75 Å². The Kier molecular flexibility index (Phi) is 7.95. The number of esters is 1. The van der Waals surface area contributed by atoms with Gasteiger partial charge in [-0.1, -0.05) is 77.5 Å². The first kappa shape index (κ1) is 27.1. The van der Waals surface area contributed by atoms with E-state index in [0.717, 1.165) is 0 Å². The highest BCUT2D eigenvalue weighted by atomic mass is 35.5. The highest BCUT2D eigenvalue weighted by molar-refractivity contribution is 7.07. The van der Waals surface area contributed by atoms with Gasteiger partial charge in [0.05, 0.1) is 34.4 Å². The van der Waals surface area contributed by atoms with E-state index in [2.05, 4.69) is 0 Å². The van der Waals surface area contributed by atoms with Crippen LogP contribution in [0.1, 0.15) is 29.7 Å². The molecule has 0 spiro atoms. The SMILES string of the molecule is CCOC(=O)C1=C(c2ccccc2)N=c2s/c(=C\c3ccc(OCC(=O)[O-])cc3)c(=O)n2[C@@H]1c1ccc(Cl)cc1. The molecule has 0 bridgehead atoms. The third kappa shape index (κ3) is 5.61. The van der Waals surface area contributed by atoms with Crippen molar-refractivity contribution < 1.29 is 24.2 Å². The molecule has 0 amide bonds. The normalized spacial score (nSPS) is 14.8. The van der Waals surface area contributed by atoms with Crippen molar-refractivity contribution in [2.45, 2.75) is 13.0 Å². The van der Waals surface area contributed by atoms with E-state index in [-0.39, 0.29) is 17.7 Å². The van der Waals surface area contributed by atoms with Gasteiger partial charge in [0.1, 0.15) is 12.4 Å². The molecule has 40 heavy (non-hydrogen) atoms. The molecule has 0 fully saturated rings. The van der Waals surface area contributed by atoms with Gasteiger partial charge in [0.25, 0.3) is 5.56 Å². The molecule has 3 aromatic carbocycles. The van der Waals surface area contributed by atoms with Crippen LogP contribution in [0.2, 0.25) is 5.02 Å². The molecule has 0 N–H and O–H groups in total. The molecule has 0 saturated heterocycles. The Balaban J connectivity index is 1.70. The third-order valence-electron chi connectivity index (χ3n) is 6.09. The number of fused-ring (bicyclic) bond motifs is 1. The second-order valence-corrected chi connectivity index (χ2v) is 10.2. The maximum absolute atomic E-state index is 13.9. The number of carbonyl (C=O) groups excluding carboxylic acids is 2. The number of hydrogen-bond donors (Lipinski definition) is 0. The standard InChI is InChI=1S/C30H23ClN2O6S/c1-2-38-29(37)25-26(19-6-4-3-5-7-19)32-30-33(27(25)20-10-12-21(31)13-11-20)28(36)23(40-30)16-18-8-14-22(15-9-18)39-17-24(34)35/h3-16,27H,2,17H2,1H3,(H,34,35)/p-1/b23-16-/t27-/m1/s1. The van der Waals surface area contributed by atoms with Crippen molar-refractivity contribution in [1.82, 2.24) is 4.57 Å². The Morgan fingerprint density at radius 1 is 1.05 bits per heavy atom. The van der Waals surface area contributed by atoms with Crippen LogP contribution in [0, 0.1) is 0 Å². The zero-order valence-electron chi connectivity index (χ0n) is 21.2. The van der Waals surface area contributed by atoms with E-state index < -0.39 is 24.6 Å². The lowest BCUT2D eigenvalue weighted by molar-refractivity contribution is -0.307. The van der Waals surface area contributed by atoms with Gasteiger partial charge in [-0.25, -0.2) is 9.79 Å². The van der Waals surface area contributed by atoms with Crippen LogP contribution in [0.25, 0.3) is 11.8 Å². The Labute approximate surface area is 237 Å². The molecule has 1 atom stereocenters. The van der Waals surface area contributed by atoms with Gasteiger partial charge in [-0.3, -0.25) is 9.36 Å². The first-order valence-electron chi connectivity index (χ1n) is 12.3. The van der Waals surface area contributed by atoms with Crippen LogP contribution in [-0.2, 0) is 14.3 Å². The molecule has 0 aliphatic carbocycles. The summed E-state index contributed by atoms with van der Waals surface area (Å²) >= 11 is 7.36. The number of ether oxygens (including phenoxy) is 2. The largest absolute Gasteiger partial charge is 0.546 e. The van der Waals surface area contributed by atoms with E-state index in [4.69, 9.17) is 26.1 Å². The van der Waals surface area contributed by atoms with Gasteiger partial charge in [0, 0.05) is 10.6 Å². The van der Waals surface area contributed by atoms with Crippen LogP contribution in [0.3, 0.4) is 0 Å². The summed E-state index contributed by atoms with van der Waals surface area (Å²) in [4.78, 5) is 43.2. The van der Waals surface area contributed by atoms with Gasteiger partial charge in [0.2, 0.25) is 0 Å². The second kappa shape index (κ2) is 11.7. The number of hydrogen-bond acceptors (Lipinski definition) is 8. The highest BCUT2D eigenvalue weighted by Crippen LogP contribution is 2.35. The molecule has 2 heterocycles. The summed E-state index contributed by atoms with van der Waals surface area (Å²) in [7, 11) is 0. The summed E-state index contributed by atoms with van der Waals surface area (Å²) in [6.45, 7) is 1.32. The van der Waals surface area contributed by atoms with Gasteiger partial charge in [-0.05, 0) is 48.4 Å². The fourth-order valence-corrected chi connectivity index (χ4v) is 5.48. The Bertz CT molecular complexity index is 1780. The third-order valence-corrected chi connectivity index (χ3v) is 7.33. The number of aliphatic carboxylic acids is 1. The summed E-state index contributed by atoms with van der Waals surface area (Å²) in [5.74, 6) is -1.53. The lowest BCUT2D eigenvalue weighted by Crippen LogP contribution is -2.40. The number of carbonyl (C=O) groups is 2. The highest BCUT2D eigenvalue weighted by Gasteiger charge is 2.35. The molecule has 0 unspecified atom stereocenters. The molecule has 10 heteroatoms. The summed E-state index contributed by atoms with van der Waals surface area (Å²) in [5.41, 5.74) is 2.45. The minimum atomic E-state index is -1.32. The monoisotopic (exact) mass is 573 g/mol. The number of halogens is 1. The van der Waals surface area contributed by atoms with Crippen molar-refractivity contribution in [1.29, 1.82) is 0 Å². The smallest absolute Gasteiger partial charge is 0.338 e. The van der Waals surface area contributed by atoms with Crippen LogP contribution in [-0.4, -0.2) is 29.7 Å². The van der Waals surface area contributed by atoms with Gasteiger partial charge in [0.15, 0.2) is 4.80 Å². The molecular weight excluding hydrogens is 552 g/mol. The van der Waals surface area contributed by atoms with Gasteiger partial charge in [-0.2, -0.15) is 0 Å². The van der Waals surface area contributed by atoms with Crippen molar-refractivity contribution in [2.24, 2.45) is 4.99 Å². The zero-order chi connectivity index (χ0) is 28.2. The van der Waals surface area contributed by atoms with Crippen LogP contribution in [0.15, 0.2) is 94.2 Å². The van der Waals surface area contributed by atoms with Crippen molar-refractivity contribution in [3.05, 3.63) is 126 Å². The predicted octanol–water partition coefficient (Wildman–Crippen LogP) is 2.72. The average molecular weight is 574 g/mol. The van der Waals surface area contributed by atoms with Crippen molar-refractivity contribution >= 4 is 46.6 Å². The minimum absolute atomic E-state index is 0.158. The Morgan fingerprint density at radius 3 is 2.40 bits per heavy atom. The molecule has 202 valence electrons. The number of carboxylic acids is 1. The van der Waals surface area contributed by atoms with E-state index in [1.807, 2.05) is 30.3 Å². The topological polar surface area (TPSA) is 110 Å². The predicted molar refractivity (Wildman–Crippen MR) is 149 cm³/mol. The number of aromatic nitrogens is 1. The van der Waals surface area contributed by atoms with E-state index in [1.54, 1.807) is 61.5 Å². The average Bonchev–Trinajstić information content (AvgIpc) is 3.27. The summed E-state index contributed by atoms with van der Waals surface area (Å²) < 4.78 is 12.5. The molecule has 4 aromatic rings. The van der Waals surface area contributed by atoms with Crippen LogP contribution in [0.4, 0.5) is 0 Å². The molecule has 0 saturated carbocycles. The maximum atomic E-state index is 13.9. The summed E-state index contributed by atoms with van der Waals surface area (Å²) in [6, 6.07) is 22.1. The molecule has 1 aromatic heterocycles. The summed E-state index contributed by atoms with van der Waals surface area (Å²) in [6.07, 6.45) is 1.71. The Morgan fingerprint density at radius 2 is 1.75 bits per heavy atom. The van der Waals surface area contributed by atoms with E-state index >= 15 is 0 Å². The first-order valence-corrected chi connectivity index (χ1v) is 13.5. The number of rotatable bonds is 8. The maximum Gasteiger partial charge on any atom is 0.338 e. The van der Waals surface area contributed by atoms with Crippen LogP contribution >= 0.6 is 22.9 Å². The first-order chi connectivity index (χ1) is 19.4. The van der Waals surface area contributed by atoms with Crippen molar-refractivity contribution in [3.8, 4) is 5.75 Å². The fraction of sp³-hybridized carbons (Fsp3) is 0.133. The van der Waals surface area contributed by atoms with Gasteiger partial charge in [-0.15, -0.1) is 0 Å². The molecule has 0 radical (unpaired) electrons.